The zero-order valence-electron chi connectivity index (χ0n) is 19.2. The van der Waals surface area contributed by atoms with E-state index >= 15 is 0 Å². The number of thiazole rings is 1. The van der Waals surface area contributed by atoms with Crippen LogP contribution in [-0.4, -0.2) is 23.8 Å². The highest BCUT2D eigenvalue weighted by Crippen LogP contribution is 2.35. The second-order valence-electron chi connectivity index (χ2n) is 7.62. The molecule has 1 aliphatic heterocycles. The topological polar surface area (TPSA) is 69.9 Å². The molecule has 0 N–H and O–H groups in total. The highest BCUT2D eigenvalue weighted by atomic mass is 35.5. The van der Waals surface area contributed by atoms with E-state index in [0.29, 0.717) is 42.0 Å². The van der Waals surface area contributed by atoms with Crippen LogP contribution in [0.15, 0.2) is 57.5 Å². The molecule has 0 saturated carbocycles. The number of hydrogen-bond donors (Lipinski definition) is 0. The third-order valence-electron chi connectivity index (χ3n) is 5.34. The lowest BCUT2D eigenvalue weighted by Crippen LogP contribution is -2.40. The van der Waals surface area contributed by atoms with Gasteiger partial charge in [0.1, 0.15) is 18.4 Å². The summed E-state index contributed by atoms with van der Waals surface area (Å²) < 4.78 is 12.7. The first kappa shape index (κ1) is 26.1. The first-order chi connectivity index (χ1) is 17.3. The van der Waals surface area contributed by atoms with Crippen LogP contribution in [0, 0.1) is 12.3 Å². The van der Waals surface area contributed by atoms with Gasteiger partial charge in [0.2, 0.25) is 0 Å². The van der Waals surface area contributed by atoms with Gasteiger partial charge >= 0.3 is 5.97 Å². The Morgan fingerprint density at radius 1 is 1.25 bits per heavy atom. The van der Waals surface area contributed by atoms with Gasteiger partial charge in [0.25, 0.3) is 5.56 Å². The van der Waals surface area contributed by atoms with Gasteiger partial charge in [-0.1, -0.05) is 70.3 Å². The number of halogens is 3. The van der Waals surface area contributed by atoms with Crippen LogP contribution >= 0.6 is 46.1 Å². The number of rotatable bonds is 6. The van der Waals surface area contributed by atoms with Crippen molar-refractivity contribution in [3.05, 3.63) is 93.6 Å². The Balaban J connectivity index is 1.99. The van der Waals surface area contributed by atoms with Gasteiger partial charge in [0.15, 0.2) is 4.80 Å². The van der Waals surface area contributed by atoms with Crippen molar-refractivity contribution in [3.8, 4) is 18.1 Å². The first-order valence-corrected chi connectivity index (χ1v) is 12.7. The summed E-state index contributed by atoms with van der Waals surface area (Å²) in [5.74, 6) is 2.13. The quantitative estimate of drug-likeness (QED) is 0.321. The number of nitrogens with zero attached hydrogens (tertiary/aromatic N) is 2. The lowest BCUT2D eigenvalue weighted by atomic mass is 9.96. The van der Waals surface area contributed by atoms with E-state index in [-0.39, 0.29) is 29.4 Å². The molecule has 2 heterocycles. The van der Waals surface area contributed by atoms with Crippen LogP contribution in [-0.2, 0) is 9.53 Å². The summed E-state index contributed by atoms with van der Waals surface area (Å²) in [6.45, 7) is 3.57. The van der Waals surface area contributed by atoms with Crippen molar-refractivity contribution in [2.45, 2.75) is 19.9 Å². The Kier molecular flexibility index (Phi) is 7.91. The Labute approximate surface area is 226 Å². The van der Waals surface area contributed by atoms with Gasteiger partial charge in [-0.05, 0) is 43.7 Å². The van der Waals surface area contributed by atoms with E-state index in [4.69, 9.17) is 50.7 Å². The summed E-state index contributed by atoms with van der Waals surface area (Å²) in [6, 6.07) is 9.36. The van der Waals surface area contributed by atoms with E-state index in [0.717, 1.165) is 11.3 Å². The maximum atomic E-state index is 13.8. The van der Waals surface area contributed by atoms with E-state index in [1.54, 1.807) is 50.3 Å². The van der Waals surface area contributed by atoms with E-state index in [9.17, 15) is 9.59 Å². The van der Waals surface area contributed by atoms with Gasteiger partial charge in [0.05, 0.1) is 27.4 Å². The lowest BCUT2D eigenvalue weighted by molar-refractivity contribution is -0.139. The highest BCUT2D eigenvalue weighted by Gasteiger charge is 2.34. The molecule has 0 radical (unpaired) electrons. The van der Waals surface area contributed by atoms with Crippen molar-refractivity contribution in [2.24, 2.45) is 4.99 Å². The van der Waals surface area contributed by atoms with Gasteiger partial charge in [-0.25, -0.2) is 9.79 Å². The number of aromatic nitrogens is 1. The molecular formula is C26H19Cl3N2O4S. The smallest absolute Gasteiger partial charge is 0.338 e. The summed E-state index contributed by atoms with van der Waals surface area (Å²) in [7, 11) is 0. The summed E-state index contributed by atoms with van der Waals surface area (Å²) in [4.78, 5) is 31.7. The number of carbonyl (C=O) groups is 1. The normalized spacial score (nSPS) is 15.2. The number of allylic oxidation sites excluding steroid dienone is 1. The average molecular weight is 562 g/mol. The van der Waals surface area contributed by atoms with Crippen molar-refractivity contribution in [2.75, 3.05) is 13.2 Å². The molecule has 0 spiro atoms. The summed E-state index contributed by atoms with van der Waals surface area (Å²) in [5.41, 5.74) is 1.36. The van der Waals surface area contributed by atoms with Crippen molar-refractivity contribution in [1.29, 1.82) is 0 Å². The summed E-state index contributed by atoms with van der Waals surface area (Å²) in [6.07, 6.45) is 6.94. The molecule has 0 saturated heterocycles. The molecule has 4 rings (SSSR count). The lowest BCUT2D eigenvalue weighted by Gasteiger charge is -2.25. The molecule has 0 amide bonds. The van der Waals surface area contributed by atoms with Gasteiger partial charge in [-0.3, -0.25) is 9.36 Å². The second-order valence-corrected chi connectivity index (χ2v) is 9.88. The molecule has 2 aromatic carbocycles. The van der Waals surface area contributed by atoms with Crippen molar-refractivity contribution >= 4 is 58.2 Å². The number of terminal acetylenes is 1. The standard InChI is InChI=1S/C26H19Cl3N2O4S/c1-4-10-35-23-15(11-16(27)13-19(23)29)12-20-24(32)31-22(17-8-6-7-9-18(17)28)21(25(33)34-5-2)14(3)30-26(31)36-20/h1,6-9,11-13,22H,5,10H2,2-3H3/b20-12-/t22-/m1/s1. The minimum atomic E-state index is -0.823. The fourth-order valence-corrected chi connectivity index (χ4v) is 5.72. The van der Waals surface area contributed by atoms with Crippen molar-refractivity contribution in [3.63, 3.8) is 0 Å². The molecule has 1 aliphatic rings. The molecular weight excluding hydrogens is 543 g/mol. The minimum absolute atomic E-state index is 0.0158. The SMILES string of the molecule is C#CCOc1c(Cl)cc(Cl)cc1/C=c1\sc2n(c1=O)[C@H](c1ccccc1Cl)C(C(=O)OCC)=C(C)N=2. The first-order valence-electron chi connectivity index (χ1n) is 10.8. The number of carbonyl (C=O) groups excluding carboxylic acids is 1. The molecule has 10 heteroatoms. The fraction of sp³-hybridized carbons (Fsp3) is 0.192. The monoisotopic (exact) mass is 560 g/mol. The number of esters is 1. The number of hydrogen-bond acceptors (Lipinski definition) is 6. The van der Waals surface area contributed by atoms with Gasteiger partial charge in [-0.15, -0.1) is 6.42 Å². The van der Waals surface area contributed by atoms with Crippen LogP contribution in [0.25, 0.3) is 6.08 Å². The fourth-order valence-electron chi connectivity index (χ4n) is 3.88. The van der Waals surface area contributed by atoms with Crippen LogP contribution in [0.1, 0.15) is 31.0 Å². The van der Waals surface area contributed by atoms with E-state index in [2.05, 4.69) is 10.9 Å². The molecule has 1 atom stereocenters. The van der Waals surface area contributed by atoms with Crippen molar-refractivity contribution < 1.29 is 14.3 Å². The van der Waals surface area contributed by atoms with E-state index in [1.165, 1.54) is 10.6 Å². The zero-order valence-corrected chi connectivity index (χ0v) is 22.3. The third kappa shape index (κ3) is 4.95. The maximum Gasteiger partial charge on any atom is 0.338 e. The Morgan fingerprint density at radius 3 is 2.69 bits per heavy atom. The third-order valence-corrected chi connectivity index (χ3v) is 7.17. The number of benzene rings is 2. The molecule has 0 unspecified atom stereocenters. The maximum absolute atomic E-state index is 13.8. The molecule has 36 heavy (non-hydrogen) atoms. The molecule has 1 aromatic heterocycles. The minimum Gasteiger partial charge on any atom is -0.479 e. The molecule has 0 bridgehead atoms. The Bertz CT molecular complexity index is 1620. The van der Waals surface area contributed by atoms with E-state index in [1.807, 2.05) is 0 Å². The molecule has 0 aliphatic carbocycles. The predicted molar refractivity (Wildman–Crippen MR) is 143 cm³/mol. The summed E-state index contributed by atoms with van der Waals surface area (Å²) in [5, 5.41) is 1.02. The Hall–Kier alpha value is -3.02. The van der Waals surface area contributed by atoms with Crippen molar-refractivity contribution in [1.82, 2.24) is 4.57 Å². The molecule has 6 nitrogen and oxygen atoms in total. The van der Waals surface area contributed by atoms with Crippen LogP contribution < -0.4 is 19.6 Å². The van der Waals surface area contributed by atoms with Crippen LogP contribution in [0.5, 0.6) is 5.75 Å². The largest absolute Gasteiger partial charge is 0.479 e. The number of fused-ring (bicyclic) bond motifs is 1. The van der Waals surface area contributed by atoms with Gasteiger partial charge in [0, 0.05) is 15.6 Å². The Morgan fingerprint density at radius 2 is 2.00 bits per heavy atom. The van der Waals surface area contributed by atoms with Crippen LogP contribution in [0.4, 0.5) is 0 Å². The van der Waals surface area contributed by atoms with Gasteiger partial charge < -0.3 is 9.47 Å². The molecule has 184 valence electrons. The van der Waals surface area contributed by atoms with Gasteiger partial charge in [-0.2, -0.15) is 0 Å². The summed E-state index contributed by atoms with van der Waals surface area (Å²) >= 11 is 20.2. The second kappa shape index (κ2) is 10.9. The van der Waals surface area contributed by atoms with Crippen LogP contribution in [0.2, 0.25) is 15.1 Å². The number of ether oxygens (including phenoxy) is 2. The average Bonchev–Trinajstić information content (AvgIpc) is 3.12. The molecule has 0 fully saturated rings. The molecule has 3 aromatic rings. The van der Waals surface area contributed by atoms with Crippen LogP contribution in [0.3, 0.4) is 0 Å². The van der Waals surface area contributed by atoms with E-state index < -0.39 is 12.0 Å². The predicted octanol–water partition coefficient (Wildman–Crippen LogP) is 4.77. The zero-order chi connectivity index (χ0) is 26.0. The highest BCUT2D eigenvalue weighted by molar-refractivity contribution is 7.07.